The van der Waals surface area contributed by atoms with E-state index in [1.54, 1.807) is 12.5 Å². The van der Waals surface area contributed by atoms with Crippen LogP contribution in [-0.2, 0) is 0 Å². The molecule has 0 spiro atoms. The van der Waals surface area contributed by atoms with Crippen LogP contribution in [0.15, 0.2) is 36.9 Å². The fourth-order valence-electron chi connectivity index (χ4n) is 1.43. The first kappa shape index (κ1) is 7.86. The summed E-state index contributed by atoms with van der Waals surface area (Å²) in [6.45, 7) is 2.03. The van der Waals surface area contributed by atoms with Gasteiger partial charge < -0.3 is 10.3 Å². The van der Waals surface area contributed by atoms with Gasteiger partial charge in [-0.15, -0.1) is 0 Å². The summed E-state index contributed by atoms with van der Waals surface area (Å²) in [6, 6.07) is 5.87. The molecule has 2 aromatic rings. The number of hydrogen-bond donors (Lipinski definition) is 1. The fourth-order valence-corrected chi connectivity index (χ4v) is 1.43. The Morgan fingerprint density at radius 2 is 2.23 bits per heavy atom. The van der Waals surface area contributed by atoms with Crippen molar-refractivity contribution in [2.45, 2.75) is 6.92 Å². The maximum absolute atomic E-state index is 5.86. The molecule has 1 aromatic heterocycles. The normalized spacial score (nSPS) is 10.2. The Morgan fingerprint density at radius 3 is 2.85 bits per heavy atom. The van der Waals surface area contributed by atoms with Gasteiger partial charge in [-0.25, -0.2) is 4.98 Å². The number of nitrogens with two attached hydrogens (primary N) is 1. The van der Waals surface area contributed by atoms with Gasteiger partial charge in [0, 0.05) is 12.4 Å². The SMILES string of the molecule is Cc1cccc(N)c1-n1ccnc1. The van der Waals surface area contributed by atoms with Crippen molar-refractivity contribution in [2.75, 3.05) is 5.73 Å². The molecule has 0 unspecified atom stereocenters. The van der Waals surface area contributed by atoms with Crippen molar-refractivity contribution in [2.24, 2.45) is 0 Å². The zero-order valence-corrected chi connectivity index (χ0v) is 7.44. The Balaban J connectivity index is 2.64. The van der Waals surface area contributed by atoms with E-state index in [1.807, 2.05) is 35.9 Å². The molecular weight excluding hydrogens is 162 g/mol. The average molecular weight is 173 g/mol. The molecule has 0 saturated carbocycles. The van der Waals surface area contributed by atoms with Crippen molar-refractivity contribution in [3.05, 3.63) is 42.5 Å². The number of hydrogen-bond acceptors (Lipinski definition) is 2. The lowest BCUT2D eigenvalue weighted by molar-refractivity contribution is 1.04. The summed E-state index contributed by atoms with van der Waals surface area (Å²) in [7, 11) is 0. The number of nitrogens with zero attached hydrogens (tertiary/aromatic N) is 2. The minimum Gasteiger partial charge on any atom is -0.397 e. The van der Waals surface area contributed by atoms with E-state index in [2.05, 4.69) is 4.98 Å². The van der Waals surface area contributed by atoms with Gasteiger partial charge >= 0.3 is 0 Å². The molecule has 3 nitrogen and oxygen atoms in total. The van der Waals surface area contributed by atoms with Gasteiger partial charge in [0.05, 0.1) is 17.7 Å². The number of anilines is 1. The summed E-state index contributed by atoms with van der Waals surface area (Å²) in [6.07, 6.45) is 5.38. The van der Waals surface area contributed by atoms with Crippen LogP contribution in [0.5, 0.6) is 0 Å². The summed E-state index contributed by atoms with van der Waals surface area (Å²) in [4.78, 5) is 3.99. The number of imidazole rings is 1. The van der Waals surface area contributed by atoms with Gasteiger partial charge in [0.15, 0.2) is 0 Å². The number of nitrogen functional groups attached to an aromatic ring is 1. The van der Waals surface area contributed by atoms with Crippen molar-refractivity contribution in [3.63, 3.8) is 0 Å². The second-order valence-corrected chi connectivity index (χ2v) is 2.98. The standard InChI is InChI=1S/C10H11N3/c1-8-3-2-4-9(11)10(8)13-6-5-12-7-13/h2-7H,11H2,1H3. The highest BCUT2D eigenvalue weighted by atomic mass is 15.0. The van der Waals surface area contributed by atoms with Crippen LogP contribution >= 0.6 is 0 Å². The fraction of sp³-hybridized carbons (Fsp3) is 0.100. The second-order valence-electron chi connectivity index (χ2n) is 2.98. The summed E-state index contributed by atoms with van der Waals surface area (Å²) >= 11 is 0. The third kappa shape index (κ3) is 1.28. The minimum atomic E-state index is 0.776. The van der Waals surface area contributed by atoms with Gasteiger partial charge in [-0.05, 0) is 18.6 Å². The summed E-state index contributed by atoms with van der Waals surface area (Å²) in [5.41, 5.74) is 8.80. The molecule has 0 aliphatic rings. The Bertz CT molecular complexity index is 384. The van der Waals surface area contributed by atoms with E-state index in [1.165, 1.54) is 0 Å². The van der Waals surface area contributed by atoms with Gasteiger partial charge in [-0.3, -0.25) is 0 Å². The second kappa shape index (κ2) is 2.94. The van der Waals surface area contributed by atoms with Crippen LogP contribution in [0.1, 0.15) is 5.56 Å². The predicted molar refractivity (Wildman–Crippen MR) is 52.7 cm³/mol. The third-order valence-corrected chi connectivity index (χ3v) is 2.03. The summed E-state index contributed by atoms with van der Waals surface area (Å²) < 4.78 is 1.92. The van der Waals surface area contributed by atoms with Crippen LogP contribution in [0.2, 0.25) is 0 Å². The third-order valence-electron chi connectivity index (χ3n) is 2.03. The Kier molecular flexibility index (Phi) is 1.77. The smallest absolute Gasteiger partial charge is 0.0992 e. The molecule has 0 aliphatic carbocycles. The van der Waals surface area contributed by atoms with Crippen LogP contribution in [0.3, 0.4) is 0 Å². The first-order valence-corrected chi connectivity index (χ1v) is 4.12. The van der Waals surface area contributed by atoms with Crippen molar-refractivity contribution in [1.82, 2.24) is 9.55 Å². The molecule has 0 radical (unpaired) electrons. The predicted octanol–water partition coefficient (Wildman–Crippen LogP) is 1.76. The lowest BCUT2D eigenvalue weighted by Crippen LogP contribution is -1.99. The van der Waals surface area contributed by atoms with Crippen LogP contribution in [-0.4, -0.2) is 9.55 Å². The topological polar surface area (TPSA) is 43.8 Å². The number of rotatable bonds is 1. The molecule has 0 saturated heterocycles. The van der Waals surface area contributed by atoms with Crippen LogP contribution in [0.4, 0.5) is 5.69 Å². The van der Waals surface area contributed by atoms with E-state index in [-0.39, 0.29) is 0 Å². The molecule has 13 heavy (non-hydrogen) atoms. The van der Waals surface area contributed by atoms with Gasteiger partial charge in [0.1, 0.15) is 0 Å². The van der Waals surface area contributed by atoms with E-state index < -0.39 is 0 Å². The van der Waals surface area contributed by atoms with E-state index in [4.69, 9.17) is 5.73 Å². The molecule has 0 atom stereocenters. The Hall–Kier alpha value is -1.77. The highest BCUT2D eigenvalue weighted by molar-refractivity contribution is 5.61. The first-order chi connectivity index (χ1) is 6.29. The molecule has 3 heteroatoms. The van der Waals surface area contributed by atoms with Crippen LogP contribution in [0, 0.1) is 6.92 Å². The largest absolute Gasteiger partial charge is 0.397 e. The van der Waals surface area contributed by atoms with Gasteiger partial charge in [0.2, 0.25) is 0 Å². The molecule has 0 aliphatic heterocycles. The zero-order valence-electron chi connectivity index (χ0n) is 7.44. The summed E-state index contributed by atoms with van der Waals surface area (Å²) in [5.74, 6) is 0. The van der Waals surface area contributed by atoms with E-state index >= 15 is 0 Å². The maximum atomic E-state index is 5.86. The maximum Gasteiger partial charge on any atom is 0.0992 e. The summed E-state index contributed by atoms with van der Waals surface area (Å²) in [5, 5.41) is 0. The molecule has 0 bridgehead atoms. The highest BCUT2D eigenvalue weighted by Crippen LogP contribution is 2.20. The van der Waals surface area contributed by atoms with Crippen molar-refractivity contribution >= 4 is 5.69 Å². The highest BCUT2D eigenvalue weighted by Gasteiger charge is 2.03. The number of para-hydroxylation sites is 1. The van der Waals surface area contributed by atoms with Gasteiger partial charge in [-0.1, -0.05) is 12.1 Å². The van der Waals surface area contributed by atoms with Crippen LogP contribution in [0.25, 0.3) is 5.69 Å². The van der Waals surface area contributed by atoms with Gasteiger partial charge in [-0.2, -0.15) is 0 Å². The zero-order chi connectivity index (χ0) is 9.26. The number of aromatic nitrogens is 2. The van der Waals surface area contributed by atoms with Crippen molar-refractivity contribution in [1.29, 1.82) is 0 Å². The molecule has 1 aromatic carbocycles. The lowest BCUT2D eigenvalue weighted by atomic mass is 10.1. The van der Waals surface area contributed by atoms with Crippen molar-refractivity contribution < 1.29 is 0 Å². The monoisotopic (exact) mass is 173 g/mol. The molecule has 2 N–H and O–H groups in total. The number of aryl methyl sites for hydroxylation is 1. The van der Waals surface area contributed by atoms with Crippen LogP contribution < -0.4 is 5.73 Å². The Morgan fingerprint density at radius 1 is 1.38 bits per heavy atom. The lowest BCUT2D eigenvalue weighted by Gasteiger charge is -2.08. The molecule has 2 rings (SSSR count). The average Bonchev–Trinajstić information content (AvgIpc) is 2.57. The van der Waals surface area contributed by atoms with E-state index in [9.17, 15) is 0 Å². The molecular formula is C10H11N3. The first-order valence-electron chi connectivity index (χ1n) is 4.12. The van der Waals surface area contributed by atoms with Gasteiger partial charge in [0.25, 0.3) is 0 Å². The quantitative estimate of drug-likeness (QED) is 0.668. The van der Waals surface area contributed by atoms with E-state index in [0.717, 1.165) is 16.9 Å². The molecule has 66 valence electrons. The number of benzene rings is 1. The molecule has 1 heterocycles. The molecule has 0 amide bonds. The van der Waals surface area contributed by atoms with E-state index in [0.29, 0.717) is 0 Å². The Labute approximate surface area is 76.8 Å². The molecule has 0 fully saturated rings. The minimum absolute atomic E-state index is 0.776. The van der Waals surface area contributed by atoms with Crippen molar-refractivity contribution in [3.8, 4) is 5.69 Å².